The molecule has 0 amide bonds. The lowest BCUT2D eigenvalue weighted by Gasteiger charge is -2.09. The fourth-order valence-corrected chi connectivity index (χ4v) is 1.53. The SMILES string of the molecule is CCOC=C(Cc1cc(F)c(F)c(F)c1F)C(=O)OCC. The molecule has 0 aliphatic carbocycles. The first-order valence-electron chi connectivity index (χ1n) is 6.21. The summed E-state index contributed by atoms with van der Waals surface area (Å²) in [5.74, 6) is -7.73. The number of ether oxygens (including phenoxy) is 2. The number of rotatable bonds is 6. The van der Waals surface area contributed by atoms with Gasteiger partial charge >= 0.3 is 5.97 Å². The summed E-state index contributed by atoms with van der Waals surface area (Å²) in [7, 11) is 0. The third-order valence-electron chi connectivity index (χ3n) is 2.49. The molecule has 0 unspecified atom stereocenters. The highest BCUT2D eigenvalue weighted by Crippen LogP contribution is 2.21. The smallest absolute Gasteiger partial charge is 0.337 e. The lowest BCUT2D eigenvalue weighted by atomic mass is 10.0. The van der Waals surface area contributed by atoms with E-state index in [1.165, 1.54) is 0 Å². The fourth-order valence-electron chi connectivity index (χ4n) is 1.53. The maximum atomic E-state index is 13.6. The highest BCUT2D eigenvalue weighted by Gasteiger charge is 2.22. The second-order valence-corrected chi connectivity index (χ2v) is 3.96. The zero-order chi connectivity index (χ0) is 16.0. The second-order valence-electron chi connectivity index (χ2n) is 3.96. The molecule has 0 bridgehead atoms. The fraction of sp³-hybridized carbons (Fsp3) is 0.357. The Morgan fingerprint density at radius 3 is 2.33 bits per heavy atom. The van der Waals surface area contributed by atoms with E-state index >= 15 is 0 Å². The lowest BCUT2D eigenvalue weighted by molar-refractivity contribution is -0.138. The molecular weight excluding hydrogens is 292 g/mol. The summed E-state index contributed by atoms with van der Waals surface area (Å²) in [4.78, 5) is 11.6. The van der Waals surface area contributed by atoms with Crippen molar-refractivity contribution in [2.24, 2.45) is 0 Å². The quantitative estimate of drug-likeness (QED) is 0.202. The maximum absolute atomic E-state index is 13.6. The average molecular weight is 306 g/mol. The molecule has 1 aromatic carbocycles. The van der Waals surface area contributed by atoms with Crippen LogP contribution in [-0.2, 0) is 20.7 Å². The third kappa shape index (κ3) is 4.21. The molecule has 0 spiro atoms. The molecule has 116 valence electrons. The lowest BCUT2D eigenvalue weighted by Crippen LogP contribution is -2.12. The van der Waals surface area contributed by atoms with E-state index in [-0.39, 0.29) is 18.8 Å². The van der Waals surface area contributed by atoms with Gasteiger partial charge in [-0.3, -0.25) is 0 Å². The summed E-state index contributed by atoms with van der Waals surface area (Å²) in [6.07, 6.45) is 0.537. The molecule has 0 fully saturated rings. The van der Waals surface area contributed by atoms with Gasteiger partial charge in [0.2, 0.25) is 0 Å². The van der Waals surface area contributed by atoms with Gasteiger partial charge in [-0.2, -0.15) is 0 Å². The van der Waals surface area contributed by atoms with Crippen molar-refractivity contribution in [1.82, 2.24) is 0 Å². The van der Waals surface area contributed by atoms with Gasteiger partial charge in [0.05, 0.1) is 25.0 Å². The first kappa shape index (κ1) is 17.0. The molecular formula is C14H14F4O3. The van der Waals surface area contributed by atoms with Crippen LogP contribution in [-0.4, -0.2) is 19.2 Å². The minimum atomic E-state index is -1.93. The van der Waals surface area contributed by atoms with E-state index < -0.39 is 41.2 Å². The van der Waals surface area contributed by atoms with Gasteiger partial charge in [-0.25, -0.2) is 22.4 Å². The summed E-state index contributed by atoms with van der Waals surface area (Å²) < 4.78 is 62.4. The van der Waals surface area contributed by atoms with Gasteiger partial charge in [0, 0.05) is 6.42 Å². The summed E-state index contributed by atoms with van der Waals surface area (Å²) in [5, 5.41) is 0. The summed E-state index contributed by atoms with van der Waals surface area (Å²) in [6.45, 7) is 3.51. The van der Waals surface area contributed by atoms with Crippen LogP contribution in [0.25, 0.3) is 0 Å². The number of hydrogen-bond acceptors (Lipinski definition) is 3. The maximum Gasteiger partial charge on any atom is 0.337 e. The molecule has 0 heterocycles. The van der Waals surface area contributed by atoms with Crippen LogP contribution in [0.15, 0.2) is 17.9 Å². The molecule has 0 aliphatic heterocycles. The van der Waals surface area contributed by atoms with Gasteiger partial charge in [-0.15, -0.1) is 0 Å². The Kier molecular flexibility index (Phi) is 6.20. The molecule has 0 radical (unpaired) electrons. The monoisotopic (exact) mass is 306 g/mol. The van der Waals surface area contributed by atoms with Crippen LogP contribution in [0.1, 0.15) is 19.4 Å². The van der Waals surface area contributed by atoms with E-state index in [0.717, 1.165) is 6.26 Å². The number of esters is 1. The van der Waals surface area contributed by atoms with Crippen molar-refractivity contribution in [3.05, 3.63) is 46.7 Å². The van der Waals surface area contributed by atoms with Crippen molar-refractivity contribution in [2.75, 3.05) is 13.2 Å². The number of halogens is 4. The van der Waals surface area contributed by atoms with Gasteiger partial charge in [0.1, 0.15) is 0 Å². The van der Waals surface area contributed by atoms with Crippen LogP contribution in [0.5, 0.6) is 0 Å². The van der Waals surface area contributed by atoms with Crippen molar-refractivity contribution in [1.29, 1.82) is 0 Å². The van der Waals surface area contributed by atoms with Crippen LogP contribution in [0.2, 0.25) is 0 Å². The minimum absolute atomic E-state index is 0.0664. The molecule has 1 rings (SSSR count). The molecule has 0 saturated carbocycles. The second kappa shape index (κ2) is 7.66. The van der Waals surface area contributed by atoms with Crippen molar-refractivity contribution >= 4 is 5.97 Å². The molecule has 0 aliphatic rings. The van der Waals surface area contributed by atoms with E-state index in [1.807, 2.05) is 0 Å². The first-order chi connectivity index (χ1) is 9.92. The van der Waals surface area contributed by atoms with E-state index in [1.54, 1.807) is 13.8 Å². The van der Waals surface area contributed by atoms with E-state index in [9.17, 15) is 22.4 Å². The predicted molar refractivity (Wildman–Crippen MR) is 66.3 cm³/mol. The summed E-state index contributed by atoms with van der Waals surface area (Å²) in [5.41, 5.74) is -0.645. The summed E-state index contributed by atoms with van der Waals surface area (Å²) >= 11 is 0. The zero-order valence-corrected chi connectivity index (χ0v) is 11.5. The zero-order valence-electron chi connectivity index (χ0n) is 11.5. The predicted octanol–water partition coefficient (Wildman–Crippen LogP) is 3.27. The topological polar surface area (TPSA) is 35.5 Å². The standard InChI is InChI=1S/C14H14F4O3/c1-3-20-7-9(14(19)21-4-2)5-8-6-10(15)12(17)13(18)11(8)16/h6-7H,3-5H2,1-2H3. The third-order valence-corrected chi connectivity index (χ3v) is 2.49. The number of benzene rings is 1. The summed E-state index contributed by atoms with van der Waals surface area (Å²) in [6, 6.07) is 0.493. The van der Waals surface area contributed by atoms with Crippen LogP contribution in [0.4, 0.5) is 17.6 Å². The number of carbonyl (C=O) groups excluding carboxylic acids is 1. The first-order valence-corrected chi connectivity index (χ1v) is 6.21. The molecule has 0 aromatic heterocycles. The molecule has 3 nitrogen and oxygen atoms in total. The van der Waals surface area contributed by atoms with Crippen LogP contribution in [0, 0.1) is 23.3 Å². The molecule has 1 aromatic rings. The largest absolute Gasteiger partial charge is 0.501 e. The van der Waals surface area contributed by atoms with Gasteiger partial charge in [-0.05, 0) is 25.5 Å². The van der Waals surface area contributed by atoms with Crippen LogP contribution in [0.3, 0.4) is 0 Å². The Bertz CT molecular complexity index is 556. The van der Waals surface area contributed by atoms with Crippen LogP contribution < -0.4 is 0 Å². The van der Waals surface area contributed by atoms with Gasteiger partial charge in [0.25, 0.3) is 0 Å². The normalized spacial score (nSPS) is 11.4. The molecule has 0 saturated heterocycles. The van der Waals surface area contributed by atoms with Crippen molar-refractivity contribution < 1.29 is 31.8 Å². The van der Waals surface area contributed by atoms with E-state index in [4.69, 9.17) is 9.47 Å². The van der Waals surface area contributed by atoms with Gasteiger partial charge in [0.15, 0.2) is 23.3 Å². The molecule has 0 N–H and O–H groups in total. The Morgan fingerprint density at radius 2 is 1.76 bits per heavy atom. The molecule has 0 atom stereocenters. The minimum Gasteiger partial charge on any atom is -0.501 e. The van der Waals surface area contributed by atoms with Gasteiger partial charge < -0.3 is 9.47 Å². The Morgan fingerprint density at radius 1 is 1.10 bits per heavy atom. The van der Waals surface area contributed by atoms with Crippen molar-refractivity contribution in [3.63, 3.8) is 0 Å². The molecule has 21 heavy (non-hydrogen) atoms. The van der Waals surface area contributed by atoms with Crippen molar-refractivity contribution in [2.45, 2.75) is 20.3 Å². The number of carbonyl (C=O) groups is 1. The van der Waals surface area contributed by atoms with E-state index in [0.29, 0.717) is 6.07 Å². The van der Waals surface area contributed by atoms with Crippen molar-refractivity contribution in [3.8, 4) is 0 Å². The average Bonchev–Trinajstić information content (AvgIpc) is 2.46. The Balaban J connectivity index is 3.12. The molecule has 7 heteroatoms. The van der Waals surface area contributed by atoms with E-state index in [2.05, 4.69) is 0 Å². The Labute approximate surface area is 119 Å². The highest BCUT2D eigenvalue weighted by molar-refractivity contribution is 5.88. The van der Waals surface area contributed by atoms with Gasteiger partial charge in [-0.1, -0.05) is 0 Å². The Hall–Kier alpha value is -2.05. The number of hydrogen-bond donors (Lipinski definition) is 0. The van der Waals surface area contributed by atoms with Crippen LogP contribution >= 0.6 is 0 Å². The highest BCUT2D eigenvalue weighted by atomic mass is 19.2.